The van der Waals surface area contributed by atoms with Crippen LogP contribution in [0.2, 0.25) is 0 Å². The number of benzene rings is 1. The van der Waals surface area contributed by atoms with Gasteiger partial charge in [0.1, 0.15) is 5.82 Å². The largest absolute Gasteiger partial charge is 0.330 e. The maximum absolute atomic E-state index is 13.2. The smallest absolute Gasteiger partial charge is 0.123 e. The second kappa shape index (κ2) is 5.37. The van der Waals surface area contributed by atoms with Crippen molar-refractivity contribution in [1.29, 1.82) is 0 Å². The normalized spacial score (nSPS) is 14.2. The second-order valence-corrected chi connectivity index (χ2v) is 5.78. The molecule has 0 amide bonds. The van der Waals surface area contributed by atoms with Crippen molar-refractivity contribution in [2.75, 3.05) is 0 Å². The van der Waals surface area contributed by atoms with E-state index >= 15 is 0 Å². The Kier molecular flexibility index (Phi) is 3.22. The van der Waals surface area contributed by atoms with E-state index in [1.54, 1.807) is 24.5 Å². The Morgan fingerprint density at radius 3 is 2.41 bits per heavy atom. The van der Waals surface area contributed by atoms with Crippen LogP contribution in [-0.2, 0) is 6.54 Å². The molecule has 3 aromatic rings. The topological polar surface area (TPSA) is 30.7 Å². The number of rotatable bonds is 4. The summed E-state index contributed by atoms with van der Waals surface area (Å²) in [6, 6.07) is 10.5. The van der Waals surface area contributed by atoms with Crippen molar-refractivity contribution < 1.29 is 4.39 Å². The lowest BCUT2D eigenvalue weighted by atomic mass is 10.1. The molecule has 4 rings (SSSR count). The fourth-order valence-electron chi connectivity index (χ4n) is 2.73. The third-order valence-electron chi connectivity index (χ3n) is 4.06. The van der Waals surface area contributed by atoms with E-state index in [4.69, 9.17) is 0 Å². The number of nitrogens with zero attached hydrogens (tertiary/aromatic N) is 3. The summed E-state index contributed by atoms with van der Waals surface area (Å²) in [6.07, 6.45) is 8.06. The number of hydrogen-bond acceptors (Lipinski definition) is 2. The Morgan fingerprint density at radius 2 is 1.73 bits per heavy atom. The maximum Gasteiger partial charge on any atom is 0.123 e. The van der Waals surface area contributed by atoms with Crippen LogP contribution in [0.25, 0.3) is 22.5 Å². The molecule has 2 aromatic heterocycles. The summed E-state index contributed by atoms with van der Waals surface area (Å²) in [5, 5.41) is 0. The molecule has 1 fully saturated rings. The fraction of sp³-hybridized carbons (Fsp3) is 0.222. The van der Waals surface area contributed by atoms with Crippen LogP contribution in [0, 0.1) is 11.7 Å². The highest BCUT2D eigenvalue weighted by molar-refractivity contribution is 5.78. The van der Waals surface area contributed by atoms with Gasteiger partial charge in [-0.1, -0.05) is 0 Å². The number of halogens is 1. The van der Waals surface area contributed by atoms with Crippen molar-refractivity contribution in [3.63, 3.8) is 0 Å². The van der Waals surface area contributed by atoms with E-state index in [9.17, 15) is 4.39 Å². The van der Waals surface area contributed by atoms with Gasteiger partial charge >= 0.3 is 0 Å². The van der Waals surface area contributed by atoms with Crippen molar-refractivity contribution in [2.45, 2.75) is 19.4 Å². The summed E-state index contributed by atoms with van der Waals surface area (Å²) in [4.78, 5) is 8.69. The summed E-state index contributed by atoms with van der Waals surface area (Å²) < 4.78 is 15.4. The van der Waals surface area contributed by atoms with Crippen LogP contribution in [0.5, 0.6) is 0 Å². The highest BCUT2D eigenvalue weighted by Crippen LogP contribution is 2.36. The van der Waals surface area contributed by atoms with Crippen LogP contribution in [0.3, 0.4) is 0 Å². The van der Waals surface area contributed by atoms with Crippen LogP contribution in [-0.4, -0.2) is 14.5 Å². The summed E-state index contributed by atoms with van der Waals surface area (Å²) in [5.74, 6) is 0.530. The van der Waals surface area contributed by atoms with E-state index in [0.717, 1.165) is 35.0 Å². The van der Waals surface area contributed by atoms with Crippen LogP contribution in [0.1, 0.15) is 12.8 Å². The number of aromatic nitrogens is 3. The monoisotopic (exact) mass is 293 g/mol. The van der Waals surface area contributed by atoms with Gasteiger partial charge in [0.05, 0.1) is 17.7 Å². The van der Waals surface area contributed by atoms with Gasteiger partial charge in [-0.05, 0) is 55.2 Å². The Morgan fingerprint density at radius 1 is 1.00 bits per heavy atom. The zero-order valence-corrected chi connectivity index (χ0v) is 12.1. The maximum atomic E-state index is 13.2. The predicted molar refractivity (Wildman–Crippen MR) is 83.6 cm³/mol. The van der Waals surface area contributed by atoms with Crippen molar-refractivity contribution in [3.05, 3.63) is 60.9 Å². The van der Waals surface area contributed by atoms with Crippen LogP contribution in [0.15, 0.2) is 55.1 Å². The molecule has 0 atom stereocenters. The molecule has 0 radical (unpaired) electrons. The summed E-state index contributed by atoms with van der Waals surface area (Å²) in [7, 11) is 0. The van der Waals surface area contributed by atoms with Crippen LogP contribution >= 0.6 is 0 Å². The molecule has 3 nitrogen and oxygen atoms in total. The Hall–Kier alpha value is -2.49. The van der Waals surface area contributed by atoms with E-state index in [2.05, 4.69) is 14.5 Å². The van der Waals surface area contributed by atoms with Gasteiger partial charge in [0, 0.05) is 30.1 Å². The molecule has 110 valence electrons. The molecule has 0 N–H and O–H groups in total. The van der Waals surface area contributed by atoms with Crippen LogP contribution < -0.4 is 0 Å². The SMILES string of the molecule is Fc1ccc(-c2ncn(CC3CC3)c2-c2ccncc2)cc1. The first-order valence-electron chi connectivity index (χ1n) is 7.53. The lowest BCUT2D eigenvalue weighted by molar-refractivity contribution is 0.628. The minimum atomic E-state index is -0.230. The quantitative estimate of drug-likeness (QED) is 0.723. The molecule has 0 spiro atoms. The first-order valence-corrected chi connectivity index (χ1v) is 7.53. The Labute approximate surface area is 128 Å². The molecule has 1 aliphatic rings. The summed E-state index contributed by atoms with van der Waals surface area (Å²) in [6.45, 7) is 0.992. The van der Waals surface area contributed by atoms with Crippen molar-refractivity contribution in [3.8, 4) is 22.5 Å². The molecule has 1 aliphatic carbocycles. The van der Waals surface area contributed by atoms with Gasteiger partial charge in [0.15, 0.2) is 0 Å². The highest BCUT2D eigenvalue weighted by atomic mass is 19.1. The third kappa shape index (κ3) is 2.52. The molecule has 0 saturated heterocycles. The number of pyridine rings is 1. The van der Waals surface area contributed by atoms with E-state index in [0.29, 0.717) is 0 Å². The average molecular weight is 293 g/mol. The molecule has 22 heavy (non-hydrogen) atoms. The molecule has 0 bridgehead atoms. The molecule has 0 unspecified atom stereocenters. The average Bonchev–Trinajstić information content (AvgIpc) is 3.27. The summed E-state index contributed by atoms with van der Waals surface area (Å²) >= 11 is 0. The molecule has 4 heteroatoms. The molecule has 1 saturated carbocycles. The standard InChI is InChI=1S/C18H16FN3/c19-16-5-3-14(4-6-16)17-18(15-7-9-20-10-8-15)22(12-21-17)11-13-1-2-13/h3-10,12-13H,1-2,11H2. The van der Waals surface area contributed by atoms with Gasteiger partial charge in [-0.3, -0.25) is 4.98 Å². The Bertz CT molecular complexity index is 774. The molecule has 2 heterocycles. The third-order valence-corrected chi connectivity index (χ3v) is 4.06. The minimum absolute atomic E-state index is 0.230. The van der Waals surface area contributed by atoms with Crippen molar-refractivity contribution in [2.24, 2.45) is 5.92 Å². The van der Waals surface area contributed by atoms with E-state index in [1.165, 1.54) is 25.0 Å². The van der Waals surface area contributed by atoms with E-state index < -0.39 is 0 Å². The van der Waals surface area contributed by atoms with Crippen molar-refractivity contribution in [1.82, 2.24) is 14.5 Å². The predicted octanol–water partition coefficient (Wildman–Crippen LogP) is 4.16. The first-order chi connectivity index (χ1) is 10.8. The number of hydrogen-bond donors (Lipinski definition) is 0. The van der Waals surface area contributed by atoms with Gasteiger partial charge in [-0.15, -0.1) is 0 Å². The second-order valence-electron chi connectivity index (χ2n) is 5.78. The highest BCUT2D eigenvalue weighted by Gasteiger charge is 2.24. The summed E-state index contributed by atoms with van der Waals surface area (Å²) in [5.41, 5.74) is 4.00. The first kappa shape index (κ1) is 13.2. The molecular weight excluding hydrogens is 277 g/mol. The lowest BCUT2D eigenvalue weighted by Crippen LogP contribution is -2.01. The van der Waals surface area contributed by atoms with Gasteiger partial charge in [0.25, 0.3) is 0 Å². The van der Waals surface area contributed by atoms with Gasteiger partial charge in [-0.2, -0.15) is 0 Å². The van der Waals surface area contributed by atoms with Gasteiger partial charge in [-0.25, -0.2) is 9.37 Å². The van der Waals surface area contributed by atoms with E-state index in [-0.39, 0.29) is 5.82 Å². The molecular formula is C18H16FN3. The molecule has 1 aromatic carbocycles. The zero-order valence-electron chi connectivity index (χ0n) is 12.1. The van der Waals surface area contributed by atoms with Gasteiger partial charge in [0.2, 0.25) is 0 Å². The Balaban J connectivity index is 1.83. The number of imidazole rings is 1. The molecule has 0 aliphatic heterocycles. The zero-order chi connectivity index (χ0) is 14.9. The van der Waals surface area contributed by atoms with Crippen LogP contribution in [0.4, 0.5) is 4.39 Å². The fourth-order valence-corrected chi connectivity index (χ4v) is 2.73. The van der Waals surface area contributed by atoms with E-state index in [1.807, 2.05) is 18.5 Å². The minimum Gasteiger partial charge on any atom is -0.330 e. The lowest BCUT2D eigenvalue weighted by Gasteiger charge is -2.10. The van der Waals surface area contributed by atoms with Crippen molar-refractivity contribution >= 4 is 0 Å². The van der Waals surface area contributed by atoms with Gasteiger partial charge < -0.3 is 4.57 Å².